The molecule has 1 aromatic heterocycles. The molecule has 3 heterocycles. The number of nitrogens with one attached hydrogen (secondary N) is 2. The van der Waals surface area contributed by atoms with Crippen molar-refractivity contribution in [3.63, 3.8) is 0 Å². The highest BCUT2D eigenvalue weighted by Gasteiger charge is 2.32. The minimum Gasteiger partial charge on any atom is -0.461 e. The lowest BCUT2D eigenvalue weighted by atomic mass is 10.0. The van der Waals surface area contributed by atoms with Crippen LogP contribution in [0.25, 0.3) is 10.1 Å². The van der Waals surface area contributed by atoms with Crippen molar-refractivity contribution in [2.45, 2.75) is 50.5 Å². The zero-order chi connectivity index (χ0) is 30.6. The van der Waals surface area contributed by atoms with Gasteiger partial charge < -0.3 is 24.8 Å². The molecule has 2 aliphatic heterocycles. The summed E-state index contributed by atoms with van der Waals surface area (Å²) in [6.45, 7) is 0.0142. The number of halogens is 5. The lowest BCUT2D eigenvalue weighted by Crippen LogP contribution is -2.46. The number of hydrogen-bond donors (Lipinski definition) is 2. The monoisotopic (exact) mass is 639 g/mol. The topological polar surface area (TPSA) is 53.6 Å². The van der Waals surface area contributed by atoms with E-state index in [1.165, 1.54) is 0 Å². The Morgan fingerprint density at radius 2 is 1.93 bits per heavy atom. The third-order valence-electron chi connectivity index (χ3n) is 8.03. The van der Waals surface area contributed by atoms with Crippen LogP contribution in [-0.4, -0.2) is 69.2 Å². The van der Waals surface area contributed by atoms with Gasteiger partial charge in [-0.2, -0.15) is 13.2 Å². The average molecular weight is 640 g/mol. The minimum atomic E-state index is -4.44. The molecule has 43 heavy (non-hydrogen) atoms. The molecular formula is C31H35F5N3O2PS. The normalized spacial score (nSPS) is 20.8. The number of piperidine rings is 1. The van der Waals surface area contributed by atoms with E-state index in [9.17, 15) is 26.5 Å². The van der Waals surface area contributed by atoms with Crippen molar-refractivity contribution < 1.29 is 31.3 Å². The average Bonchev–Trinajstić information content (AvgIpc) is 3.30. The Kier molecular flexibility index (Phi) is 9.89. The first kappa shape index (κ1) is 31.6. The van der Waals surface area contributed by atoms with Crippen LogP contribution in [0.15, 0.2) is 36.4 Å². The lowest BCUT2D eigenvalue weighted by molar-refractivity contribution is -0.126. The fourth-order valence-electron chi connectivity index (χ4n) is 5.81. The highest BCUT2D eigenvalue weighted by Crippen LogP contribution is 2.50. The maximum atomic E-state index is 14.7. The number of anilines is 2. The predicted molar refractivity (Wildman–Crippen MR) is 165 cm³/mol. The van der Waals surface area contributed by atoms with Crippen LogP contribution in [0.3, 0.4) is 0 Å². The minimum absolute atomic E-state index is 0.0591. The van der Waals surface area contributed by atoms with Crippen molar-refractivity contribution in [2.24, 2.45) is 0 Å². The van der Waals surface area contributed by atoms with E-state index in [1.54, 1.807) is 36.4 Å². The van der Waals surface area contributed by atoms with E-state index in [1.807, 2.05) is 11.9 Å². The Morgan fingerprint density at radius 3 is 2.65 bits per heavy atom. The Morgan fingerprint density at radius 1 is 1.14 bits per heavy atom. The second-order valence-corrected chi connectivity index (χ2v) is 15.4. The summed E-state index contributed by atoms with van der Waals surface area (Å²) >= 11 is 1.15. The van der Waals surface area contributed by atoms with Gasteiger partial charge in [0.15, 0.2) is 0 Å². The van der Waals surface area contributed by atoms with E-state index in [2.05, 4.69) is 22.5 Å². The molecule has 232 valence electrons. The van der Waals surface area contributed by atoms with E-state index >= 15 is 0 Å². The molecule has 0 radical (unpaired) electrons. The van der Waals surface area contributed by atoms with Crippen molar-refractivity contribution in [3.8, 4) is 17.6 Å². The van der Waals surface area contributed by atoms with Crippen LogP contribution in [0.5, 0.6) is 5.75 Å². The van der Waals surface area contributed by atoms with Crippen LogP contribution in [0.1, 0.15) is 36.1 Å². The summed E-state index contributed by atoms with van der Waals surface area (Å²) in [7, 11) is -0.687. The number of hydrogen-bond acceptors (Lipinski definition) is 6. The zero-order valence-electron chi connectivity index (χ0n) is 23.9. The summed E-state index contributed by atoms with van der Waals surface area (Å²) in [4.78, 5) is 2.20. The van der Waals surface area contributed by atoms with Gasteiger partial charge in [-0.25, -0.2) is 8.78 Å². The highest BCUT2D eigenvalue weighted by atomic mass is 32.1. The van der Waals surface area contributed by atoms with Crippen LogP contribution in [0.2, 0.25) is 0 Å². The molecule has 0 amide bonds. The Labute approximate surface area is 252 Å². The third kappa shape index (κ3) is 7.65. The highest BCUT2D eigenvalue weighted by molar-refractivity contribution is 7.71. The van der Waals surface area contributed by atoms with Gasteiger partial charge >= 0.3 is 6.18 Å². The summed E-state index contributed by atoms with van der Waals surface area (Å²) < 4.78 is 87.9. The molecule has 2 fully saturated rings. The largest absolute Gasteiger partial charge is 0.461 e. The number of alkyl halides is 5. The molecule has 2 aromatic carbocycles. The SMILES string of the molecule is CN1CC[C@@H](Nc2cccc3c(CC(F)(F)F)c(C#CCNc4ccc(P5(=O)CCCCC5)cc4OCF)sc23)[C@@H](F)C1. The van der Waals surface area contributed by atoms with Crippen LogP contribution in [0.4, 0.5) is 33.3 Å². The maximum absolute atomic E-state index is 14.7. The van der Waals surface area contributed by atoms with Gasteiger partial charge in [-0.3, -0.25) is 0 Å². The van der Waals surface area contributed by atoms with Crippen LogP contribution in [0, 0.1) is 11.8 Å². The van der Waals surface area contributed by atoms with E-state index in [-0.39, 0.29) is 22.7 Å². The number of thiophene rings is 1. The molecule has 0 spiro atoms. The summed E-state index contributed by atoms with van der Waals surface area (Å²) in [5.41, 5.74) is 1.14. The molecule has 2 N–H and O–H groups in total. The molecule has 0 saturated carbocycles. The molecule has 2 saturated heterocycles. The van der Waals surface area contributed by atoms with Gasteiger partial charge in [-0.1, -0.05) is 30.4 Å². The van der Waals surface area contributed by atoms with E-state index in [0.717, 1.165) is 37.1 Å². The second-order valence-electron chi connectivity index (χ2n) is 11.2. The van der Waals surface area contributed by atoms with E-state index < -0.39 is 38.8 Å². The maximum Gasteiger partial charge on any atom is 0.393 e. The van der Waals surface area contributed by atoms with Crippen molar-refractivity contribution in [1.29, 1.82) is 0 Å². The molecular weight excluding hydrogens is 604 g/mol. The predicted octanol–water partition coefficient (Wildman–Crippen LogP) is 7.40. The molecule has 2 aliphatic rings. The fourth-order valence-corrected chi connectivity index (χ4v) is 9.89. The zero-order valence-corrected chi connectivity index (χ0v) is 25.6. The van der Waals surface area contributed by atoms with Crippen LogP contribution < -0.4 is 20.7 Å². The van der Waals surface area contributed by atoms with E-state index in [4.69, 9.17) is 4.74 Å². The quantitative estimate of drug-likeness (QED) is 0.153. The van der Waals surface area contributed by atoms with Crippen molar-refractivity contribution in [3.05, 3.63) is 46.8 Å². The van der Waals surface area contributed by atoms with Gasteiger partial charge in [0.2, 0.25) is 6.86 Å². The molecule has 5 rings (SSSR count). The Balaban J connectivity index is 1.38. The van der Waals surface area contributed by atoms with Gasteiger partial charge in [0, 0.05) is 30.7 Å². The number of likely N-dealkylation sites (tertiary alicyclic amines) is 1. The molecule has 5 nitrogen and oxygen atoms in total. The summed E-state index contributed by atoms with van der Waals surface area (Å²) in [5.74, 6) is 6.02. The smallest absolute Gasteiger partial charge is 0.393 e. The van der Waals surface area contributed by atoms with Gasteiger partial charge in [0.25, 0.3) is 0 Å². The number of ether oxygens (including phenoxy) is 1. The van der Waals surface area contributed by atoms with Crippen molar-refractivity contribution in [1.82, 2.24) is 4.90 Å². The third-order valence-corrected chi connectivity index (χ3v) is 12.5. The first-order valence-corrected chi connectivity index (χ1v) is 17.3. The molecule has 0 unspecified atom stereocenters. The van der Waals surface area contributed by atoms with Gasteiger partial charge in [0.1, 0.15) is 19.1 Å². The molecule has 3 aromatic rings. The summed E-state index contributed by atoms with van der Waals surface area (Å²) in [6, 6.07) is 9.72. The Hall–Kier alpha value is -2.80. The molecule has 0 aliphatic carbocycles. The molecule has 0 bridgehead atoms. The number of nitrogens with zero attached hydrogens (tertiary/aromatic N) is 1. The second kappa shape index (κ2) is 13.5. The van der Waals surface area contributed by atoms with Crippen molar-refractivity contribution in [2.75, 3.05) is 56.5 Å². The lowest BCUT2D eigenvalue weighted by Gasteiger charge is -2.33. The van der Waals surface area contributed by atoms with Crippen molar-refractivity contribution >= 4 is 45.2 Å². The summed E-state index contributed by atoms with van der Waals surface area (Å²) in [6.07, 6.45) is -2.00. The van der Waals surface area contributed by atoms with Crippen LogP contribution >= 0.6 is 18.5 Å². The van der Waals surface area contributed by atoms with Gasteiger partial charge in [-0.05, 0) is 61.5 Å². The number of rotatable bonds is 8. The number of fused-ring (bicyclic) bond motifs is 1. The molecule has 2 atom stereocenters. The Bertz CT molecular complexity index is 1540. The first-order chi connectivity index (χ1) is 20.6. The van der Waals surface area contributed by atoms with E-state index in [0.29, 0.717) is 52.1 Å². The van der Waals surface area contributed by atoms with Gasteiger partial charge in [-0.15, -0.1) is 11.3 Å². The standard InChI is InChI=1S/C31H35F5N3O2PS/c1-39-14-12-25(24(33)19-39)38-27-8-5-7-22-23(18-31(34,35)36)29(43-30(22)27)9-6-13-37-26-11-10-21(17-28(26)41-20-32)42(40)15-3-2-4-16-42/h5,7-8,10-11,17,24-25,37-38H,2-4,12-16,18-20H2,1H3/t24-,25+/m0/s1. The first-order valence-electron chi connectivity index (χ1n) is 14.4. The fraction of sp³-hybridized carbons (Fsp3) is 0.484. The number of benzene rings is 2. The summed E-state index contributed by atoms with van der Waals surface area (Å²) in [5, 5.41) is 7.40. The van der Waals surface area contributed by atoms with Gasteiger partial charge in [0.05, 0.1) is 40.0 Å². The van der Waals surface area contributed by atoms with Crippen LogP contribution in [-0.2, 0) is 11.0 Å². The molecule has 12 heteroatoms.